The Balaban J connectivity index is 1.25. The van der Waals surface area contributed by atoms with Crippen molar-refractivity contribution in [2.45, 2.75) is 50.5 Å². The van der Waals surface area contributed by atoms with Crippen molar-refractivity contribution in [3.8, 4) is 0 Å². The lowest BCUT2D eigenvalue weighted by molar-refractivity contribution is -0.138. The normalized spacial score (nSPS) is 20.6. The van der Waals surface area contributed by atoms with Crippen LogP contribution < -0.4 is 10.6 Å². The smallest absolute Gasteiger partial charge is 0.337 e. The Morgan fingerprint density at radius 3 is 2.38 bits per heavy atom. The van der Waals surface area contributed by atoms with Gasteiger partial charge >= 0.3 is 5.97 Å². The molecular weight excluding hydrogens is 494 g/mol. The molecule has 2 fully saturated rings. The Hall–Kier alpha value is -4.01. The molecule has 8 heteroatoms. The fraction of sp³-hybridized carbons (Fsp3) is 0.323. The summed E-state index contributed by atoms with van der Waals surface area (Å²) in [5.41, 5.74) is 3.11. The van der Waals surface area contributed by atoms with E-state index in [1.165, 1.54) is 6.07 Å². The first kappa shape index (κ1) is 26.6. The number of para-hydroxylation sites is 1. The van der Waals surface area contributed by atoms with E-state index in [0.29, 0.717) is 50.9 Å². The lowest BCUT2D eigenvalue weighted by Gasteiger charge is -2.27. The summed E-state index contributed by atoms with van der Waals surface area (Å²) in [6.07, 6.45) is 2.17. The summed E-state index contributed by atoms with van der Waals surface area (Å²) in [5, 5.41) is 16.0. The quantitative estimate of drug-likeness (QED) is 0.390. The molecule has 2 aliphatic rings. The second-order valence-electron chi connectivity index (χ2n) is 10.1. The number of likely N-dealkylation sites (tertiary alicyclic amines) is 1. The summed E-state index contributed by atoms with van der Waals surface area (Å²) in [6.45, 7) is 1.54. The fourth-order valence-electron chi connectivity index (χ4n) is 5.41. The van der Waals surface area contributed by atoms with Crippen LogP contribution in [0.15, 0.2) is 78.9 Å². The number of nitrogens with one attached hydrogen (secondary N) is 2. The van der Waals surface area contributed by atoms with Crippen LogP contribution in [0, 0.1) is 0 Å². The number of carboxylic acids is 1. The molecule has 202 valence electrons. The van der Waals surface area contributed by atoms with Crippen LogP contribution in [0.3, 0.4) is 0 Å². The van der Waals surface area contributed by atoms with Crippen molar-refractivity contribution in [1.29, 1.82) is 0 Å². The molecule has 0 spiro atoms. The summed E-state index contributed by atoms with van der Waals surface area (Å²) in [7, 11) is 0. The topological polar surface area (TPSA) is 108 Å². The first-order valence-electron chi connectivity index (χ1n) is 13.4. The molecule has 2 amide bonds. The summed E-state index contributed by atoms with van der Waals surface area (Å²) in [5.74, 6) is -1.59. The van der Waals surface area contributed by atoms with E-state index >= 15 is 0 Å². The van der Waals surface area contributed by atoms with E-state index in [2.05, 4.69) is 10.6 Å². The van der Waals surface area contributed by atoms with Crippen molar-refractivity contribution >= 4 is 23.5 Å². The predicted octanol–water partition coefficient (Wildman–Crippen LogP) is 3.85. The standard InChI is InChI=1S/C31H33N3O5/c35-29(33-28-23(13-7-14-25(28)31(37)38)17-21-9-3-1-4-10-21)27-15-8-16-34(27)30(36)26-18-24(19-32-26)39-20-22-11-5-2-6-12-22/h1-7,9-14,24,26-27,32H,8,15-20H2,(H,33,35)(H,37,38)/t24-,26-,27+/m1/s1. The zero-order valence-corrected chi connectivity index (χ0v) is 21.7. The van der Waals surface area contributed by atoms with Crippen LogP contribution in [0.5, 0.6) is 0 Å². The van der Waals surface area contributed by atoms with Gasteiger partial charge in [-0.3, -0.25) is 9.59 Å². The Morgan fingerprint density at radius 2 is 1.67 bits per heavy atom. The van der Waals surface area contributed by atoms with Crippen molar-refractivity contribution in [2.24, 2.45) is 0 Å². The summed E-state index contributed by atoms with van der Waals surface area (Å²) in [6, 6.07) is 23.5. The molecule has 2 heterocycles. The van der Waals surface area contributed by atoms with Crippen molar-refractivity contribution in [3.05, 3.63) is 101 Å². The molecular formula is C31H33N3O5. The maximum absolute atomic E-state index is 13.5. The van der Waals surface area contributed by atoms with Crippen molar-refractivity contribution in [1.82, 2.24) is 10.2 Å². The van der Waals surface area contributed by atoms with Gasteiger partial charge in [0.05, 0.1) is 30.0 Å². The number of carboxylic acid groups (broad SMARTS) is 1. The van der Waals surface area contributed by atoms with Crippen LogP contribution in [0.4, 0.5) is 5.69 Å². The molecule has 8 nitrogen and oxygen atoms in total. The average molecular weight is 528 g/mol. The number of hydrogen-bond donors (Lipinski definition) is 3. The molecule has 0 unspecified atom stereocenters. The van der Waals surface area contributed by atoms with Gasteiger partial charge in [0.15, 0.2) is 0 Å². The van der Waals surface area contributed by atoms with Gasteiger partial charge in [-0.05, 0) is 48.4 Å². The number of rotatable bonds is 9. The third-order valence-corrected chi connectivity index (χ3v) is 7.42. The monoisotopic (exact) mass is 527 g/mol. The van der Waals surface area contributed by atoms with Crippen LogP contribution in [-0.2, 0) is 27.4 Å². The van der Waals surface area contributed by atoms with Gasteiger partial charge in [-0.15, -0.1) is 0 Å². The highest BCUT2D eigenvalue weighted by Crippen LogP contribution is 2.27. The second kappa shape index (κ2) is 12.2. The third kappa shape index (κ3) is 6.35. The molecule has 3 aromatic rings. The number of hydrogen-bond acceptors (Lipinski definition) is 5. The van der Waals surface area contributed by atoms with Gasteiger partial charge in [0.2, 0.25) is 11.8 Å². The van der Waals surface area contributed by atoms with E-state index in [0.717, 1.165) is 11.1 Å². The number of aromatic carboxylic acids is 1. The second-order valence-corrected chi connectivity index (χ2v) is 10.1. The number of ether oxygens (including phenoxy) is 1. The molecule has 0 radical (unpaired) electrons. The maximum Gasteiger partial charge on any atom is 0.337 e. The van der Waals surface area contributed by atoms with Crippen LogP contribution in [0.2, 0.25) is 0 Å². The van der Waals surface area contributed by atoms with E-state index in [4.69, 9.17) is 4.74 Å². The molecule has 0 aromatic heterocycles. The molecule has 0 bridgehead atoms. The van der Waals surface area contributed by atoms with E-state index in [9.17, 15) is 19.5 Å². The molecule has 0 aliphatic carbocycles. The van der Waals surface area contributed by atoms with E-state index in [1.807, 2.05) is 66.7 Å². The highest BCUT2D eigenvalue weighted by atomic mass is 16.5. The highest BCUT2D eigenvalue weighted by molar-refractivity contribution is 6.04. The molecule has 39 heavy (non-hydrogen) atoms. The molecule has 3 atom stereocenters. The highest BCUT2D eigenvalue weighted by Gasteiger charge is 2.40. The fourth-order valence-corrected chi connectivity index (χ4v) is 5.41. The zero-order valence-electron chi connectivity index (χ0n) is 21.7. The first-order chi connectivity index (χ1) is 19.0. The minimum absolute atomic E-state index is 0.0310. The van der Waals surface area contributed by atoms with Gasteiger partial charge in [-0.2, -0.15) is 0 Å². The van der Waals surface area contributed by atoms with Gasteiger partial charge < -0.3 is 25.4 Å². The van der Waals surface area contributed by atoms with Gasteiger partial charge in [0.25, 0.3) is 0 Å². The van der Waals surface area contributed by atoms with Gasteiger partial charge in [0.1, 0.15) is 6.04 Å². The van der Waals surface area contributed by atoms with Crippen molar-refractivity contribution in [2.75, 3.05) is 18.4 Å². The minimum atomic E-state index is -1.11. The minimum Gasteiger partial charge on any atom is -0.478 e. The molecule has 3 N–H and O–H groups in total. The number of carbonyl (C=O) groups is 3. The molecule has 2 aliphatic heterocycles. The summed E-state index contributed by atoms with van der Waals surface area (Å²) >= 11 is 0. The number of carbonyl (C=O) groups excluding carboxylic acids is 2. The van der Waals surface area contributed by atoms with E-state index in [-0.39, 0.29) is 29.2 Å². The van der Waals surface area contributed by atoms with Crippen molar-refractivity contribution < 1.29 is 24.2 Å². The van der Waals surface area contributed by atoms with Crippen LogP contribution in [0.25, 0.3) is 0 Å². The van der Waals surface area contributed by atoms with Crippen LogP contribution in [0.1, 0.15) is 46.3 Å². The summed E-state index contributed by atoms with van der Waals surface area (Å²) in [4.78, 5) is 40.6. The Morgan fingerprint density at radius 1 is 0.949 bits per heavy atom. The average Bonchev–Trinajstić information content (AvgIpc) is 3.64. The number of amides is 2. The van der Waals surface area contributed by atoms with E-state index < -0.39 is 18.1 Å². The van der Waals surface area contributed by atoms with Crippen LogP contribution >= 0.6 is 0 Å². The first-order valence-corrected chi connectivity index (χ1v) is 13.4. The van der Waals surface area contributed by atoms with Gasteiger partial charge in [-0.25, -0.2) is 4.79 Å². The number of anilines is 1. The van der Waals surface area contributed by atoms with Crippen molar-refractivity contribution in [3.63, 3.8) is 0 Å². The van der Waals surface area contributed by atoms with Crippen LogP contribution in [-0.4, -0.2) is 59.1 Å². The predicted molar refractivity (Wildman–Crippen MR) is 147 cm³/mol. The zero-order chi connectivity index (χ0) is 27.2. The Bertz CT molecular complexity index is 1310. The summed E-state index contributed by atoms with van der Waals surface area (Å²) < 4.78 is 6.01. The Labute approximate surface area is 228 Å². The SMILES string of the molecule is O=C(O)c1cccc(Cc2ccccc2)c1NC(=O)[C@@H]1CCCN1C(=O)[C@H]1C[C@@H](OCc2ccccc2)CN1. The molecule has 3 aromatic carbocycles. The lowest BCUT2D eigenvalue weighted by atomic mass is 9.99. The Kier molecular flexibility index (Phi) is 8.34. The van der Waals surface area contributed by atoms with E-state index in [1.54, 1.807) is 11.0 Å². The molecule has 2 saturated heterocycles. The largest absolute Gasteiger partial charge is 0.478 e. The lowest BCUT2D eigenvalue weighted by Crippen LogP contribution is -2.49. The van der Waals surface area contributed by atoms with Gasteiger partial charge in [-0.1, -0.05) is 72.8 Å². The third-order valence-electron chi connectivity index (χ3n) is 7.42. The molecule has 0 saturated carbocycles. The molecule has 5 rings (SSSR count). The van der Waals surface area contributed by atoms with Gasteiger partial charge in [0, 0.05) is 13.1 Å². The maximum atomic E-state index is 13.5. The number of benzene rings is 3. The number of nitrogens with zero attached hydrogens (tertiary/aromatic N) is 1.